The largest absolute Gasteiger partial charge is 0.491 e. The average Bonchev–Trinajstić information content (AvgIpc) is 3.08. The van der Waals surface area contributed by atoms with Gasteiger partial charge in [-0.25, -0.2) is 0 Å². The third kappa shape index (κ3) is 6.64. The minimum atomic E-state index is -0.826. The summed E-state index contributed by atoms with van der Waals surface area (Å²) in [5, 5.41) is 20.8. The molecule has 0 amide bonds. The zero-order valence-corrected chi connectivity index (χ0v) is 17.0. The van der Waals surface area contributed by atoms with Gasteiger partial charge in [0.25, 0.3) is 0 Å². The summed E-state index contributed by atoms with van der Waals surface area (Å²) < 4.78 is 17.5. The topological polar surface area (TPSA) is 85.2 Å². The Balaban J connectivity index is 1.51. The Labute approximate surface area is 177 Å². The van der Waals surface area contributed by atoms with Crippen molar-refractivity contribution < 1.29 is 29.2 Å². The first-order chi connectivity index (χ1) is 14.7. The Morgan fingerprint density at radius 1 is 1.00 bits per heavy atom. The average molecular weight is 414 g/mol. The second kappa shape index (κ2) is 11.8. The van der Waals surface area contributed by atoms with Gasteiger partial charge in [0.15, 0.2) is 0 Å². The summed E-state index contributed by atoms with van der Waals surface area (Å²) in [6.07, 6.45) is 0.0395. The van der Waals surface area contributed by atoms with Crippen molar-refractivity contribution in [1.82, 2.24) is 0 Å². The van der Waals surface area contributed by atoms with Gasteiger partial charge < -0.3 is 29.2 Å². The van der Waals surface area contributed by atoms with Gasteiger partial charge in [0.05, 0.1) is 31.5 Å². The monoisotopic (exact) mass is 414 g/mol. The highest BCUT2D eigenvalue weighted by molar-refractivity contribution is 5.49. The number of ether oxygens (including phenoxy) is 3. The van der Waals surface area contributed by atoms with E-state index in [9.17, 15) is 15.0 Å². The maximum Gasteiger partial charge on any atom is 0.120 e. The van der Waals surface area contributed by atoms with E-state index in [4.69, 9.17) is 14.2 Å². The molecule has 0 heterocycles. The second-order valence-corrected chi connectivity index (χ2v) is 7.62. The molecule has 162 valence electrons. The predicted molar refractivity (Wildman–Crippen MR) is 112 cm³/mol. The standard InChI is InChI=1S/C24H30O6/c25-13-7-12-21-23(29-15-18-8-3-1-4-9-18)14-22(27)24(21)30-17-19(26)16-28-20-10-5-2-6-11-20/h1-6,8-11,13,19,21-24,26-27H,7,12,14-17H2/t19?,21-,22+,23-,24+/m0/s1. The van der Waals surface area contributed by atoms with Gasteiger partial charge in [-0.15, -0.1) is 0 Å². The lowest BCUT2D eigenvalue weighted by molar-refractivity contribution is -0.109. The zero-order valence-electron chi connectivity index (χ0n) is 17.0. The van der Waals surface area contributed by atoms with Crippen LogP contribution in [0.1, 0.15) is 24.8 Å². The third-order valence-electron chi connectivity index (χ3n) is 5.34. The van der Waals surface area contributed by atoms with E-state index < -0.39 is 18.3 Å². The molecule has 0 spiro atoms. The van der Waals surface area contributed by atoms with Crippen LogP contribution >= 0.6 is 0 Å². The van der Waals surface area contributed by atoms with Crippen molar-refractivity contribution in [2.45, 2.75) is 50.3 Å². The van der Waals surface area contributed by atoms with Crippen molar-refractivity contribution in [2.75, 3.05) is 13.2 Å². The lowest BCUT2D eigenvalue weighted by Gasteiger charge is -2.26. The highest BCUT2D eigenvalue weighted by Crippen LogP contribution is 2.35. The fourth-order valence-electron chi connectivity index (χ4n) is 3.84. The Morgan fingerprint density at radius 3 is 2.40 bits per heavy atom. The number of carbonyl (C=O) groups is 1. The number of hydrogen-bond donors (Lipinski definition) is 2. The van der Waals surface area contributed by atoms with Crippen molar-refractivity contribution in [1.29, 1.82) is 0 Å². The van der Waals surface area contributed by atoms with E-state index in [2.05, 4.69) is 0 Å². The second-order valence-electron chi connectivity index (χ2n) is 7.62. The molecule has 30 heavy (non-hydrogen) atoms. The van der Waals surface area contributed by atoms with E-state index in [0.717, 1.165) is 11.8 Å². The molecule has 2 aromatic rings. The molecule has 1 fully saturated rings. The molecule has 1 unspecified atom stereocenters. The fraction of sp³-hybridized carbons (Fsp3) is 0.458. The molecule has 2 N–H and O–H groups in total. The molecule has 1 aliphatic rings. The molecule has 0 saturated heterocycles. The summed E-state index contributed by atoms with van der Waals surface area (Å²) in [5.74, 6) is 0.562. The summed E-state index contributed by atoms with van der Waals surface area (Å²) in [5.41, 5.74) is 1.05. The van der Waals surface area contributed by atoms with Gasteiger partial charge in [0.1, 0.15) is 24.7 Å². The van der Waals surface area contributed by atoms with Crippen LogP contribution in [0, 0.1) is 5.92 Å². The molecular weight excluding hydrogens is 384 g/mol. The minimum absolute atomic E-state index is 0.0392. The number of aliphatic hydroxyl groups is 2. The SMILES string of the molecule is O=CCC[C@@H]1[C@@H](OCC(O)COc2ccccc2)[C@H](O)C[C@@H]1OCc1ccccc1. The van der Waals surface area contributed by atoms with Gasteiger partial charge in [-0.3, -0.25) is 0 Å². The van der Waals surface area contributed by atoms with Crippen LogP contribution in [-0.2, 0) is 20.9 Å². The van der Waals surface area contributed by atoms with Crippen LogP contribution in [0.5, 0.6) is 5.75 Å². The summed E-state index contributed by atoms with van der Waals surface area (Å²) in [6.45, 7) is 0.577. The van der Waals surface area contributed by atoms with Crippen molar-refractivity contribution >= 4 is 6.29 Å². The summed E-state index contributed by atoms with van der Waals surface area (Å²) >= 11 is 0. The number of aldehydes is 1. The molecule has 6 nitrogen and oxygen atoms in total. The normalized spacial score (nSPS) is 24.5. The van der Waals surface area contributed by atoms with Crippen LogP contribution in [0.25, 0.3) is 0 Å². The number of aliphatic hydroxyl groups excluding tert-OH is 2. The maximum absolute atomic E-state index is 10.9. The molecule has 5 atom stereocenters. The molecule has 1 saturated carbocycles. The van der Waals surface area contributed by atoms with Crippen LogP contribution in [0.15, 0.2) is 60.7 Å². The van der Waals surface area contributed by atoms with Crippen molar-refractivity contribution in [2.24, 2.45) is 5.92 Å². The van der Waals surface area contributed by atoms with E-state index >= 15 is 0 Å². The zero-order chi connectivity index (χ0) is 21.2. The minimum Gasteiger partial charge on any atom is -0.491 e. The highest BCUT2D eigenvalue weighted by atomic mass is 16.5. The van der Waals surface area contributed by atoms with E-state index in [-0.39, 0.29) is 25.2 Å². The molecule has 6 heteroatoms. The van der Waals surface area contributed by atoms with Crippen LogP contribution in [-0.4, -0.2) is 54.1 Å². The Bertz CT molecular complexity index is 738. The quantitative estimate of drug-likeness (QED) is 0.520. The number of rotatable bonds is 12. The summed E-state index contributed by atoms with van der Waals surface area (Å²) in [7, 11) is 0. The third-order valence-corrected chi connectivity index (χ3v) is 5.34. The molecule has 2 aromatic carbocycles. The van der Waals surface area contributed by atoms with Crippen molar-refractivity contribution in [3.8, 4) is 5.75 Å². The maximum atomic E-state index is 10.9. The van der Waals surface area contributed by atoms with Gasteiger partial charge in [-0.2, -0.15) is 0 Å². The van der Waals surface area contributed by atoms with Gasteiger partial charge in [0.2, 0.25) is 0 Å². The van der Waals surface area contributed by atoms with Crippen LogP contribution in [0.2, 0.25) is 0 Å². The summed E-state index contributed by atoms with van der Waals surface area (Å²) in [6, 6.07) is 19.1. The van der Waals surface area contributed by atoms with Crippen LogP contribution < -0.4 is 4.74 Å². The lowest BCUT2D eigenvalue weighted by atomic mass is 9.97. The smallest absolute Gasteiger partial charge is 0.120 e. The molecule has 3 rings (SSSR count). The molecule has 0 aliphatic heterocycles. The lowest BCUT2D eigenvalue weighted by Crippen LogP contribution is -2.35. The Hall–Kier alpha value is -2.25. The molecule has 0 bridgehead atoms. The number of hydrogen-bond acceptors (Lipinski definition) is 6. The van der Waals surface area contributed by atoms with Crippen LogP contribution in [0.4, 0.5) is 0 Å². The highest BCUT2D eigenvalue weighted by Gasteiger charge is 2.43. The molecule has 0 aromatic heterocycles. The van der Waals surface area contributed by atoms with Crippen LogP contribution in [0.3, 0.4) is 0 Å². The molecule has 0 radical (unpaired) electrons. The number of carbonyl (C=O) groups excluding carboxylic acids is 1. The Morgan fingerprint density at radius 2 is 1.70 bits per heavy atom. The first-order valence-corrected chi connectivity index (χ1v) is 10.4. The molecule has 1 aliphatic carbocycles. The van der Waals surface area contributed by atoms with Crippen molar-refractivity contribution in [3.63, 3.8) is 0 Å². The fourth-order valence-corrected chi connectivity index (χ4v) is 3.84. The van der Waals surface area contributed by atoms with E-state index in [0.29, 0.717) is 31.6 Å². The first kappa shape index (κ1) is 22.4. The summed E-state index contributed by atoms with van der Waals surface area (Å²) in [4.78, 5) is 10.9. The van der Waals surface area contributed by atoms with E-state index in [1.807, 2.05) is 60.7 Å². The van der Waals surface area contributed by atoms with E-state index in [1.165, 1.54) is 0 Å². The number of benzene rings is 2. The van der Waals surface area contributed by atoms with Gasteiger partial charge in [-0.1, -0.05) is 48.5 Å². The van der Waals surface area contributed by atoms with Gasteiger partial charge in [0, 0.05) is 18.8 Å². The van der Waals surface area contributed by atoms with Gasteiger partial charge >= 0.3 is 0 Å². The van der Waals surface area contributed by atoms with Crippen molar-refractivity contribution in [3.05, 3.63) is 66.2 Å². The first-order valence-electron chi connectivity index (χ1n) is 10.4. The predicted octanol–water partition coefficient (Wildman–Crippen LogP) is 2.76. The number of para-hydroxylation sites is 1. The Kier molecular flexibility index (Phi) is 8.83. The van der Waals surface area contributed by atoms with E-state index in [1.54, 1.807) is 0 Å². The van der Waals surface area contributed by atoms with Gasteiger partial charge in [-0.05, 0) is 24.1 Å². The molecular formula is C24H30O6.